The number of alkyl halides is 2. The van der Waals surface area contributed by atoms with Crippen molar-refractivity contribution >= 4 is 11.0 Å². The average Bonchev–Trinajstić information content (AvgIpc) is 3.14. The Morgan fingerprint density at radius 1 is 0.871 bits per heavy atom. The number of aryl methyl sites for hydroxylation is 1. The van der Waals surface area contributed by atoms with E-state index in [4.69, 9.17) is 19.2 Å². The topological polar surface area (TPSA) is 58.4 Å². The Balaban J connectivity index is 1.96. The molecule has 0 aliphatic carbocycles. The molecule has 0 aliphatic heterocycles. The van der Waals surface area contributed by atoms with Gasteiger partial charge in [0.2, 0.25) is 0 Å². The molecular formula is C23H21F2N3O3. The Labute approximate surface area is 178 Å². The molecule has 0 unspecified atom stereocenters. The van der Waals surface area contributed by atoms with Crippen molar-refractivity contribution in [2.45, 2.75) is 13.3 Å². The van der Waals surface area contributed by atoms with E-state index in [0.29, 0.717) is 50.9 Å². The van der Waals surface area contributed by atoms with Crippen LogP contribution in [0.1, 0.15) is 17.7 Å². The molecule has 0 aliphatic rings. The molecule has 2 heterocycles. The third-order valence-electron chi connectivity index (χ3n) is 5.07. The molecule has 0 amide bonds. The molecule has 31 heavy (non-hydrogen) atoms. The Bertz CT molecular complexity index is 1240. The summed E-state index contributed by atoms with van der Waals surface area (Å²) in [5.74, 6) is 1.71. The van der Waals surface area contributed by atoms with Gasteiger partial charge in [-0.25, -0.2) is 18.4 Å². The highest BCUT2D eigenvalue weighted by atomic mass is 19.3. The Kier molecular flexibility index (Phi) is 5.46. The van der Waals surface area contributed by atoms with Crippen molar-refractivity contribution in [1.29, 1.82) is 0 Å². The summed E-state index contributed by atoms with van der Waals surface area (Å²) in [6, 6.07) is 13.8. The van der Waals surface area contributed by atoms with Crippen LogP contribution in [-0.4, -0.2) is 36.1 Å². The van der Waals surface area contributed by atoms with Gasteiger partial charge in [-0.1, -0.05) is 0 Å². The number of fused-ring (bicyclic) bond motifs is 1. The first-order chi connectivity index (χ1) is 15.0. The van der Waals surface area contributed by atoms with E-state index in [1.54, 1.807) is 61.2 Å². The summed E-state index contributed by atoms with van der Waals surface area (Å²) in [4.78, 5) is 4.70. The zero-order chi connectivity index (χ0) is 22.1. The predicted octanol–water partition coefficient (Wildman–Crippen LogP) is 5.36. The molecule has 4 aromatic rings. The summed E-state index contributed by atoms with van der Waals surface area (Å²) in [6.07, 6.45) is -2.68. The van der Waals surface area contributed by atoms with Gasteiger partial charge in [0.25, 0.3) is 6.43 Å². The summed E-state index contributed by atoms with van der Waals surface area (Å²) in [5.41, 5.74) is 2.42. The van der Waals surface area contributed by atoms with Gasteiger partial charge in [0.15, 0.2) is 17.1 Å². The van der Waals surface area contributed by atoms with Gasteiger partial charge in [-0.05, 0) is 55.5 Å². The molecule has 0 spiro atoms. The van der Waals surface area contributed by atoms with Crippen LogP contribution in [0.4, 0.5) is 8.78 Å². The van der Waals surface area contributed by atoms with Crippen molar-refractivity contribution in [1.82, 2.24) is 14.8 Å². The van der Waals surface area contributed by atoms with Crippen LogP contribution in [0.25, 0.3) is 28.0 Å². The number of nitrogens with zero attached hydrogens (tertiary/aromatic N) is 3. The molecule has 160 valence electrons. The van der Waals surface area contributed by atoms with E-state index >= 15 is 0 Å². The third kappa shape index (κ3) is 3.65. The number of ether oxygens (including phenoxy) is 3. The molecule has 8 heteroatoms. The quantitative estimate of drug-likeness (QED) is 0.416. The number of hydrogen-bond acceptors (Lipinski definition) is 5. The zero-order valence-electron chi connectivity index (χ0n) is 17.5. The summed E-state index contributed by atoms with van der Waals surface area (Å²) in [6.45, 7) is 1.70. The average molecular weight is 425 g/mol. The van der Waals surface area contributed by atoms with Gasteiger partial charge in [0, 0.05) is 11.1 Å². The molecule has 0 radical (unpaired) electrons. The maximum absolute atomic E-state index is 14.0. The lowest BCUT2D eigenvalue weighted by Crippen LogP contribution is -2.00. The van der Waals surface area contributed by atoms with Gasteiger partial charge in [0.05, 0.1) is 43.8 Å². The lowest BCUT2D eigenvalue weighted by atomic mass is 10.1. The molecule has 0 bridgehead atoms. The molecular weight excluding hydrogens is 404 g/mol. The van der Waals surface area contributed by atoms with E-state index in [9.17, 15) is 8.78 Å². The Morgan fingerprint density at radius 3 is 2.19 bits per heavy atom. The highest BCUT2D eigenvalue weighted by Gasteiger charge is 2.22. The number of rotatable bonds is 6. The second-order valence-corrected chi connectivity index (χ2v) is 6.86. The van der Waals surface area contributed by atoms with Crippen LogP contribution in [0, 0.1) is 6.92 Å². The van der Waals surface area contributed by atoms with Crippen LogP contribution in [0.5, 0.6) is 17.2 Å². The Hall–Kier alpha value is -3.68. The first-order valence-corrected chi connectivity index (χ1v) is 9.52. The van der Waals surface area contributed by atoms with Gasteiger partial charge in [-0.2, -0.15) is 5.10 Å². The molecule has 2 aromatic heterocycles. The minimum atomic E-state index is -2.68. The molecule has 0 saturated carbocycles. The number of pyridine rings is 1. The van der Waals surface area contributed by atoms with Crippen LogP contribution >= 0.6 is 0 Å². The SMILES string of the molecule is COc1ccc(-n2nc(C)c3c(C(F)F)cc(-c4ccc(OC)c(OC)c4)nc32)cc1. The first-order valence-electron chi connectivity index (χ1n) is 9.52. The highest BCUT2D eigenvalue weighted by Crippen LogP contribution is 2.36. The fourth-order valence-electron chi connectivity index (χ4n) is 3.54. The maximum atomic E-state index is 14.0. The van der Waals surface area contributed by atoms with E-state index in [1.165, 1.54) is 20.3 Å². The van der Waals surface area contributed by atoms with E-state index in [0.717, 1.165) is 0 Å². The minimum Gasteiger partial charge on any atom is -0.497 e. The van der Waals surface area contributed by atoms with Crippen molar-refractivity contribution in [2.24, 2.45) is 0 Å². The lowest BCUT2D eigenvalue weighted by Gasteiger charge is -2.12. The van der Waals surface area contributed by atoms with Crippen molar-refractivity contribution < 1.29 is 23.0 Å². The number of hydrogen-bond donors (Lipinski definition) is 0. The highest BCUT2D eigenvalue weighted by molar-refractivity contribution is 5.86. The van der Waals surface area contributed by atoms with Crippen LogP contribution in [0.2, 0.25) is 0 Å². The van der Waals surface area contributed by atoms with Gasteiger partial charge in [-0.3, -0.25) is 0 Å². The maximum Gasteiger partial charge on any atom is 0.264 e. The molecule has 2 aromatic carbocycles. The zero-order valence-corrected chi connectivity index (χ0v) is 17.5. The van der Waals surface area contributed by atoms with Gasteiger partial charge >= 0.3 is 0 Å². The molecule has 4 rings (SSSR count). The van der Waals surface area contributed by atoms with Crippen LogP contribution in [-0.2, 0) is 0 Å². The summed E-state index contributed by atoms with van der Waals surface area (Å²) in [5, 5.41) is 4.83. The van der Waals surface area contributed by atoms with Gasteiger partial charge in [-0.15, -0.1) is 0 Å². The van der Waals surface area contributed by atoms with E-state index in [-0.39, 0.29) is 5.56 Å². The summed E-state index contributed by atoms with van der Waals surface area (Å²) in [7, 11) is 4.63. The van der Waals surface area contributed by atoms with E-state index < -0.39 is 6.43 Å². The number of methoxy groups -OCH3 is 3. The molecule has 0 N–H and O–H groups in total. The van der Waals surface area contributed by atoms with Crippen LogP contribution < -0.4 is 14.2 Å². The smallest absolute Gasteiger partial charge is 0.264 e. The standard InChI is InChI=1S/C23H21F2N3O3/c1-13-21-17(22(24)25)12-18(14-5-10-19(30-3)20(11-14)31-4)26-23(21)28(27-13)15-6-8-16(29-2)9-7-15/h5-12,22H,1-4H3. The fraction of sp³-hybridized carbons (Fsp3) is 0.217. The number of halogens is 2. The molecule has 6 nitrogen and oxygen atoms in total. The normalized spacial score (nSPS) is 11.2. The molecule has 0 fully saturated rings. The van der Waals surface area contributed by atoms with Crippen molar-refractivity contribution in [3.63, 3.8) is 0 Å². The lowest BCUT2D eigenvalue weighted by molar-refractivity contribution is 0.153. The van der Waals surface area contributed by atoms with Crippen molar-refractivity contribution in [3.8, 4) is 34.2 Å². The van der Waals surface area contributed by atoms with Gasteiger partial charge < -0.3 is 14.2 Å². The monoisotopic (exact) mass is 425 g/mol. The fourth-order valence-corrected chi connectivity index (χ4v) is 3.54. The van der Waals surface area contributed by atoms with E-state index in [1.807, 2.05) is 0 Å². The second-order valence-electron chi connectivity index (χ2n) is 6.86. The molecule has 0 atom stereocenters. The van der Waals surface area contributed by atoms with E-state index in [2.05, 4.69) is 5.10 Å². The first kappa shape index (κ1) is 20.6. The summed E-state index contributed by atoms with van der Waals surface area (Å²) >= 11 is 0. The van der Waals surface area contributed by atoms with Crippen molar-refractivity contribution in [2.75, 3.05) is 21.3 Å². The third-order valence-corrected chi connectivity index (χ3v) is 5.07. The second kappa shape index (κ2) is 8.22. The van der Waals surface area contributed by atoms with Crippen LogP contribution in [0.3, 0.4) is 0 Å². The minimum absolute atomic E-state index is 0.118. The number of aromatic nitrogens is 3. The number of benzene rings is 2. The largest absolute Gasteiger partial charge is 0.497 e. The molecule has 0 saturated heterocycles. The van der Waals surface area contributed by atoms with Crippen molar-refractivity contribution in [3.05, 3.63) is 59.8 Å². The summed E-state index contributed by atoms with van der Waals surface area (Å²) < 4.78 is 45.4. The van der Waals surface area contributed by atoms with Crippen LogP contribution in [0.15, 0.2) is 48.5 Å². The predicted molar refractivity (Wildman–Crippen MR) is 114 cm³/mol. The Morgan fingerprint density at radius 2 is 1.58 bits per heavy atom. The van der Waals surface area contributed by atoms with Gasteiger partial charge in [0.1, 0.15) is 5.75 Å².